The average molecular weight is 421 g/mol. The zero-order valence-electron chi connectivity index (χ0n) is 15.7. The Hall–Kier alpha value is -3.76. The van der Waals surface area contributed by atoms with E-state index in [1.54, 1.807) is 6.92 Å². The predicted molar refractivity (Wildman–Crippen MR) is 98.8 cm³/mol. The maximum Gasteiger partial charge on any atom is 0.435 e. The lowest BCUT2D eigenvalue weighted by Crippen LogP contribution is -2.23. The minimum absolute atomic E-state index is 0.118. The van der Waals surface area contributed by atoms with Crippen molar-refractivity contribution >= 4 is 17.5 Å². The Morgan fingerprint density at radius 2 is 1.70 bits per heavy atom. The first-order valence-electron chi connectivity index (χ1n) is 8.55. The molecule has 3 rings (SSSR count). The highest BCUT2D eigenvalue weighted by molar-refractivity contribution is 6.05. The Balaban J connectivity index is 2.01. The van der Waals surface area contributed by atoms with Crippen LogP contribution in [0.5, 0.6) is 0 Å². The van der Waals surface area contributed by atoms with Gasteiger partial charge in [-0.2, -0.15) is 13.2 Å². The van der Waals surface area contributed by atoms with Gasteiger partial charge in [0.1, 0.15) is 5.82 Å². The Morgan fingerprint density at radius 3 is 2.30 bits per heavy atom. The summed E-state index contributed by atoms with van der Waals surface area (Å²) in [6.07, 6.45) is -4.97. The van der Waals surface area contributed by atoms with Crippen LogP contribution in [0.2, 0.25) is 0 Å². The van der Waals surface area contributed by atoms with Crippen molar-refractivity contribution in [3.05, 3.63) is 70.8 Å². The Morgan fingerprint density at radius 1 is 1.03 bits per heavy atom. The van der Waals surface area contributed by atoms with E-state index in [0.717, 1.165) is 24.3 Å². The van der Waals surface area contributed by atoms with Crippen LogP contribution >= 0.6 is 0 Å². The van der Waals surface area contributed by atoms with Gasteiger partial charge in [-0.15, -0.1) is 5.10 Å². The van der Waals surface area contributed by atoms with E-state index in [2.05, 4.69) is 20.9 Å². The fraction of sp³-hybridized carbons (Fsp3) is 0.158. The third-order valence-corrected chi connectivity index (χ3v) is 4.28. The van der Waals surface area contributed by atoms with E-state index in [4.69, 9.17) is 0 Å². The molecule has 0 aliphatic heterocycles. The first-order valence-corrected chi connectivity index (χ1v) is 8.55. The van der Waals surface area contributed by atoms with Crippen molar-refractivity contribution in [3.63, 3.8) is 0 Å². The third kappa shape index (κ3) is 4.00. The zero-order valence-corrected chi connectivity index (χ0v) is 15.7. The average Bonchev–Trinajstić information content (AvgIpc) is 3.15. The number of hydrogen-bond donors (Lipinski definition) is 2. The Labute approximate surface area is 167 Å². The highest BCUT2D eigenvalue weighted by Crippen LogP contribution is 2.33. The van der Waals surface area contributed by atoms with Gasteiger partial charge >= 0.3 is 6.18 Å². The fourth-order valence-corrected chi connectivity index (χ4v) is 2.79. The molecule has 7 nitrogen and oxygen atoms in total. The summed E-state index contributed by atoms with van der Waals surface area (Å²) in [6.45, 7) is 1.54. The van der Waals surface area contributed by atoms with Gasteiger partial charge in [-0.05, 0) is 48.9 Å². The van der Waals surface area contributed by atoms with Gasteiger partial charge in [0, 0.05) is 18.3 Å². The summed E-state index contributed by atoms with van der Waals surface area (Å²) in [4.78, 5) is 24.5. The van der Waals surface area contributed by atoms with Crippen molar-refractivity contribution in [2.45, 2.75) is 13.1 Å². The van der Waals surface area contributed by atoms with Crippen LogP contribution < -0.4 is 10.6 Å². The van der Waals surface area contributed by atoms with E-state index in [1.165, 1.54) is 25.2 Å². The van der Waals surface area contributed by atoms with Crippen molar-refractivity contribution in [1.29, 1.82) is 0 Å². The number of nitrogens with one attached hydrogen (secondary N) is 2. The van der Waals surface area contributed by atoms with Crippen molar-refractivity contribution in [2.75, 3.05) is 12.4 Å². The van der Waals surface area contributed by atoms with Gasteiger partial charge in [0.2, 0.25) is 0 Å². The molecule has 0 fully saturated rings. The largest absolute Gasteiger partial charge is 0.435 e. The molecule has 156 valence electrons. The van der Waals surface area contributed by atoms with Crippen molar-refractivity contribution in [1.82, 2.24) is 20.3 Å². The van der Waals surface area contributed by atoms with Crippen LogP contribution in [0.25, 0.3) is 5.69 Å². The van der Waals surface area contributed by atoms with E-state index in [9.17, 15) is 27.2 Å². The van der Waals surface area contributed by atoms with Crippen molar-refractivity contribution in [2.24, 2.45) is 0 Å². The molecule has 2 amide bonds. The van der Waals surface area contributed by atoms with Crippen molar-refractivity contribution in [3.8, 4) is 5.69 Å². The van der Waals surface area contributed by atoms with E-state index >= 15 is 0 Å². The Kier molecular flexibility index (Phi) is 5.54. The molecule has 0 radical (unpaired) electrons. The molecule has 3 aromatic rings. The number of alkyl halides is 3. The molecule has 0 unspecified atom stereocenters. The van der Waals surface area contributed by atoms with Gasteiger partial charge in [-0.25, -0.2) is 9.07 Å². The van der Waals surface area contributed by atoms with E-state index in [1.807, 2.05) is 0 Å². The first-order chi connectivity index (χ1) is 14.1. The SMILES string of the molecule is CNC(=O)c1cccc(NC(=O)c2nnn(-c3ccc(F)cc3)c2C(F)(F)F)c1C. The van der Waals surface area contributed by atoms with Gasteiger partial charge in [0.05, 0.1) is 5.69 Å². The molecule has 1 aromatic heterocycles. The van der Waals surface area contributed by atoms with Crippen LogP contribution in [0.15, 0.2) is 42.5 Å². The molecule has 0 saturated heterocycles. The highest BCUT2D eigenvalue weighted by Gasteiger charge is 2.42. The molecule has 0 aliphatic rings. The molecule has 2 aromatic carbocycles. The maximum absolute atomic E-state index is 13.7. The van der Waals surface area contributed by atoms with Crippen molar-refractivity contribution < 1.29 is 27.2 Å². The molecule has 1 heterocycles. The normalized spacial score (nSPS) is 11.3. The second kappa shape index (κ2) is 7.93. The zero-order chi connectivity index (χ0) is 22.1. The summed E-state index contributed by atoms with van der Waals surface area (Å²) in [7, 11) is 1.43. The number of rotatable bonds is 4. The summed E-state index contributed by atoms with van der Waals surface area (Å²) >= 11 is 0. The molecule has 2 N–H and O–H groups in total. The van der Waals surface area contributed by atoms with Gasteiger partial charge in [0.25, 0.3) is 11.8 Å². The summed E-state index contributed by atoms with van der Waals surface area (Å²) in [5.41, 5.74) is -1.73. The molecule has 0 saturated carbocycles. The number of aromatic nitrogens is 3. The Bertz CT molecular complexity index is 1110. The predicted octanol–water partition coefficient (Wildman–Crippen LogP) is 3.35. The lowest BCUT2D eigenvalue weighted by atomic mass is 10.1. The number of amides is 2. The van der Waals surface area contributed by atoms with Gasteiger partial charge in [-0.1, -0.05) is 11.3 Å². The lowest BCUT2D eigenvalue weighted by molar-refractivity contribution is -0.143. The van der Waals surface area contributed by atoms with Crippen LogP contribution in [0.4, 0.5) is 23.2 Å². The molecule has 11 heteroatoms. The monoisotopic (exact) mass is 421 g/mol. The van der Waals surface area contributed by atoms with Gasteiger partial charge < -0.3 is 10.6 Å². The molecule has 0 spiro atoms. The molecular formula is C19H15F4N5O2. The van der Waals surface area contributed by atoms with E-state index in [0.29, 0.717) is 10.2 Å². The number of anilines is 1. The fourth-order valence-electron chi connectivity index (χ4n) is 2.79. The molecule has 30 heavy (non-hydrogen) atoms. The lowest BCUT2D eigenvalue weighted by Gasteiger charge is -2.13. The van der Waals surface area contributed by atoms with Gasteiger partial charge in [0.15, 0.2) is 11.4 Å². The minimum atomic E-state index is -4.97. The van der Waals surface area contributed by atoms with Gasteiger partial charge in [-0.3, -0.25) is 9.59 Å². The summed E-state index contributed by atoms with van der Waals surface area (Å²) in [5.74, 6) is -2.22. The van der Waals surface area contributed by atoms with Crippen LogP contribution in [0.1, 0.15) is 32.1 Å². The number of carbonyl (C=O) groups excluding carboxylic acids is 2. The molecule has 0 aliphatic carbocycles. The number of halogens is 4. The third-order valence-electron chi connectivity index (χ3n) is 4.28. The minimum Gasteiger partial charge on any atom is -0.355 e. The number of nitrogens with zero attached hydrogens (tertiary/aromatic N) is 3. The number of benzene rings is 2. The maximum atomic E-state index is 13.7. The quantitative estimate of drug-likeness (QED) is 0.633. The molecule has 0 bridgehead atoms. The second-order valence-electron chi connectivity index (χ2n) is 6.18. The molecule has 0 atom stereocenters. The van der Waals surface area contributed by atoms with Crippen LogP contribution in [-0.2, 0) is 6.18 Å². The van der Waals surface area contributed by atoms with Crippen LogP contribution in [0, 0.1) is 12.7 Å². The van der Waals surface area contributed by atoms with E-state index < -0.39 is 35.2 Å². The highest BCUT2D eigenvalue weighted by atomic mass is 19.4. The first kappa shape index (κ1) is 21.0. The second-order valence-corrected chi connectivity index (χ2v) is 6.18. The standard InChI is InChI=1S/C19H15F4N5O2/c1-10-13(17(29)24-2)4-3-5-14(10)25-18(30)15-16(19(21,22)23)28(27-26-15)12-8-6-11(20)7-9-12/h3-9H,1-2H3,(H,24,29)(H,25,30). The number of carbonyl (C=O) groups is 2. The summed E-state index contributed by atoms with van der Waals surface area (Å²) < 4.78 is 54.6. The van der Waals surface area contributed by atoms with Crippen LogP contribution in [0.3, 0.4) is 0 Å². The van der Waals surface area contributed by atoms with E-state index in [-0.39, 0.29) is 16.9 Å². The van der Waals surface area contributed by atoms with Crippen LogP contribution in [-0.4, -0.2) is 33.9 Å². The number of hydrogen-bond acceptors (Lipinski definition) is 4. The summed E-state index contributed by atoms with van der Waals surface area (Å²) in [6, 6.07) is 8.52. The molecular weight excluding hydrogens is 406 g/mol. The smallest absolute Gasteiger partial charge is 0.355 e. The topological polar surface area (TPSA) is 88.9 Å². The summed E-state index contributed by atoms with van der Waals surface area (Å²) in [5, 5.41) is 11.6.